The standard InChI is InChI=1S/C13H19NO4S/c1-17-11-3-5-13(6-4-11)19(15,16)14-9-7-12(18-2)8-10-14/h3-6,12H,7-10H2,1-2H3. The first kappa shape index (κ1) is 14.3. The van der Waals surface area contributed by atoms with Crippen molar-refractivity contribution >= 4 is 10.0 Å². The lowest BCUT2D eigenvalue weighted by molar-refractivity contribution is 0.0604. The monoisotopic (exact) mass is 285 g/mol. The SMILES string of the molecule is COc1ccc(S(=O)(=O)N2CCC(OC)CC2)cc1. The van der Waals surface area contributed by atoms with Gasteiger partial charge in [0.25, 0.3) is 0 Å². The Kier molecular flexibility index (Phi) is 4.44. The number of sulfonamides is 1. The van der Waals surface area contributed by atoms with Crippen LogP contribution in [0.4, 0.5) is 0 Å². The molecule has 19 heavy (non-hydrogen) atoms. The lowest BCUT2D eigenvalue weighted by Crippen LogP contribution is -2.40. The Bertz CT molecular complexity index is 504. The second-order valence-corrected chi connectivity index (χ2v) is 6.45. The first-order valence-electron chi connectivity index (χ1n) is 6.25. The Morgan fingerprint density at radius 1 is 1.11 bits per heavy atom. The third-order valence-electron chi connectivity index (χ3n) is 3.43. The minimum Gasteiger partial charge on any atom is -0.497 e. The molecule has 0 N–H and O–H groups in total. The van der Waals surface area contributed by atoms with Gasteiger partial charge < -0.3 is 9.47 Å². The van der Waals surface area contributed by atoms with E-state index in [1.54, 1.807) is 38.5 Å². The lowest BCUT2D eigenvalue weighted by atomic mass is 10.1. The fourth-order valence-corrected chi connectivity index (χ4v) is 3.67. The minimum atomic E-state index is -3.40. The predicted molar refractivity (Wildman–Crippen MR) is 71.8 cm³/mol. The fourth-order valence-electron chi connectivity index (χ4n) is 2.20. The molecule has 0 aromatic heterocycles. The van der Waals surface area contributed by atoms with Crippen molar-refractivity contribution in [2.75, 3.05) is 27.3 Å². The molecule has 1 aromatic carbocycles. The van der Waals surface area contributed by atoms with E-state index in [0.717, 1.165) is 12.8 Å². The van der Waals surface area contributed by atoms with Crippen LogP contribution in [-0.2, 0) is 14.8 Å². The molecule has 0 spiro atoms. The summed E-state index contributed by atoms with van der Waals surface area (Å²) in [5, 5.41) is 0. The Morgan fingerprint density at radius 2 is 1.68 bits per heavy atom. The zero-order valence-electron chi connectivity index (χ0n) is 11.2. The first-order valence-corrected chi connectivity index (χ1v) is 7.69. The maximum Gasteiger partial charge on any atom is 0.243 e. The predicted octanol–water partition coefficient (Wildman–Crippen LogP) is 1.49. The van der Waals surface area contributed by atoms with Crippen LogP contribution in [-0.4, -0.2) is 46.1 Å². The largest absolute Gasteiger partial charge is 0.497 e. The van der Waals surface area contributed by atoms with Gasteiger partial charge in [-0.05, 0) is 37.1 Å². The van der Waals surface area contributed by atoms with Crippen molar-refractivity contribution in [3.8, 4) is 5.75 Å². The molecule has 0 atom stereocenters. The molecule has 6 heteroatoms. The summed E-state index contributed by atoms with van der Waals surface area (Å²) in [6.45, 7) is 1.01. The molecule has 1 aromatic rings. The van der Waals surface area contributed by atoms with Crippen LogP contribution in [0.3, 0.4) is 0 Å². The molecule has 0 bridgehead atoms. The Hall–Kier alpha value is -1.11. The van der Waals surface area contributed by atoms with Gasteiger partial charge in [-0.15, -0.1) is 0 Å². The molecule has 2 rings (SSSR count). The van der Waals surface area contributed by atoms with Gasteiger partial charge in [-0.3, -0.25) is 0 Å². The average molecular weight is 285 g/mol. The lowest BCUT2D eigenvalue weighted by Gasteiger charge is -2.30. The van der Waals surface area contributed by atoms with Gasteiger partial charge in [-0.25, -0.2) is 8.42 Å². The van der Waals surface area contributed by atoms with E-state index < -0.39 is 10.0 Å². The van der Waals surface area contributed by atoms with Gasteiger partial charge in [0.2, 0.25) is 10.0 Å². The van der Waals surface area contributed by atoms with Crippen LogP contribution in [0.5, 0.6) is 5.75 Å². The van der Waals surface area contributed by atoms with E-state index in [-0.39, 0.29) is 6.10 Å². The smallest absolute Gasteiger partial charge is 0.243 e. The van der Waals surface area contributed by atoms with Crippen LogP contribution in [0.2, 0.25) is 0 Å². The van der Waals surface area contributed by atoms with E-state index in [9.17, 15) is 8.42 Å². The van der Waals surface area contributed by atoms with Crippen molar-refractivity contribution in [3.63, 3.8) is 0 Å². The summed E-state index contributed by atoms with van der Waals surface area (Å²) in [6, 6.07) is 6.48. The maximum absolute atomic E-state index is 12.4. The van der Waals surface area contributed by atoms with Gasteiger partial charge in [-0.2, -0.15) is 4.31 Å². The Balaban J connectivity index is 2.13. The number of ether oxygens (including phenoxy) is 2. The molecule has 0 amide bonds. The number of hydrogen-bond donors (Lipinski definition) is 0. The molecule has 0 saturated carbocycles. The summed E-state index contributed by atoms with van der Waals surface area (Å²) < 4.78 is 36.7. The van der Waals surface area contributed by atoms with Crippen molar-refractivity contribution in [3.05, 3.63) is 24.3 Å². The average Bonchev–Trinajstić information content (AvgIpc) is 2.47. The van der Waals surface area contributed by atoms with Crippen LogP contribution >= 0.6 is 0 Å². The first-order chi connectivity index (χ1) is 9.07. The molecule has 1 aliphatic rings. The summed E-state index contributed by atoms with van der Waals surface area (Å²) in [7, 11) is -0.177. The summed E-state index contributed by atoms with van der Waals surface area (Å²) in [4.78, 5) is 0.309. The van der Waals surface area contributed by atoms with Crippen LogP contribution in [0.25, 0.3) is 0 Å². The molecule has 0 unspecified atom stereocenters. The topological polar surface area (TPSA) is 55.8 Å². The zero-order chi connectivity index (χ0) is 13.9. The molecule has 0 aliphatic carbocycles. The van der Waals surface area contributed by atoms with E-state index in [4.69, 9.17) is 9.47 Å². The van der Waals surface area contributed by atoms with Crippen LogP contribution < -0.4 is 4.74 Å². The second kappa shape index (κ2) is 5.90. The number of hydrogen-bond acceptors (Lipinski definition) is 4. The number of rotatable bonds is 4. The highest BCUT2D eigenvalue weighted by atomic mass is 32.2. The highest BCUT2D eigenvalue weighted by Crippen LogP contribution is 2.23. The summed E-state index contributed by atoms with van der Waals surface area (Å²) in [5.74, 6) is 0.650. The van der Waals surface area contributed by atoms with Gasteiger partial charge in [0, 0.05) is 20.2 Å². The Morgan fingerprint density at radius 3 is 2.16 bits per heavy atom. The normalized spacial score (nSPS) is 18.4. The number of nitrogens with zero attached hydrogens (tertiary/aromatic N) is 1. The molecule has 5 nitrogen and oxygen atoms in total. The summed E-state index contributed by atoms with van der Waals surface area (Å²) in [5.41, 5.74) is 0. The van der Waals surface area contributed by atoms with Gasteiger partial charge in [0.15, 0.2) is 0 Å². The molecule has 1 heterocycles. The quantitative estimate of drug-likeness (QED) is 0.841. The van der Waals surface area contributed by atoms with E-state index in [2.05, 4.69) is 0 Å². The molecule has 0 radical (unpaired) electrons. The highest BCUT2D eigenvalue weighted by molar-refractivity contribution is 7.89. The third kappa shape index (κ3) is 3.08. The molecule has 1 aliphatic heterocycles. The van der Waals surface area contributed by atoms with Crippen LogP contribution in [0.15, 0.2) is 29.2 Å². The molecular weight excluding hydrogens is 266 g/mol. The van der Waals surface area contributed by atoms with E-state index in [0.29, 0.717) is 23.7 Å². The second-order valence-electron chi connectivity index (χ2n) is 4.51. The summed E-state index contributed by atoms with van der Waals surface area (Å²) >= 11 is 0. The van der Waals surface area contributed by atoms with Crippen molar-refractivity contribution < 1.29 is 17.9 Å². The molecule has 106 valence electrons. The Labute approximate surface area is 114 Å². The zero-order valence-corrected chi connectivity index (χ0v) is 12.0. The van der Waals surface area contributed by atoms with Gasteiger partial charge in [-0.1, -0.05) is 0 Å². The molecule has 1 fully saturated rings. The van der Waals surface area contributed by atoms with Crippen molar-refractivity contribution in [2.24, 2.45) is 0 Å². The van der Waals surface area contributed by atoms with Crippen molar-refractivity contribution in [1.29, 1.82) is 0 Å². The van der Waals surface area contributed by atoms with E-state index in [1.807, 2.05) is 0 Å². The molecular formula is C13H19NO4S. The van der Waals surface area contributed by atoms with E-state index in [1.165, 1.54) is 4.31 Å². The number of benzene rings is 1. The van der Waals surface area contributed by atoms with Gasteiger partial charge in [0.05, 0.1) is 18.1 Å². The van der Waals surface area contributed by atoms with Crippen molar-refractivity contribution in [1.82, 2.24) is 4.31 Å². The third-order valence-corrected chi connectivity index (χ3v) is 5.34. The highest BCUT2D eigenvalue weighted by Gasteiger charge is 2.29. The maximum atomic E-state index is 12.4. The fraction of sp³-hybridized carbons (Fsp3) is 0.538. The van der Waals surface area contributed by atoms with Gasteiger partial charge >= 0.3 is 0 Å². The molecule has 1 saturated heterocycles. The van der Waals surface area contributed by atoms with Crippen molar-refractivity contribution in [2.45, 2.75) is 23.8 Å². The summed E-state index contributed by atoms with van der Waals surface area (Å²) in [6.07, 6.45) is 1.65. The van der Waals surface area contributed by atoms with Crippen LogP contribution in [0.1, 0.15) is 12.8 Å². The van der Waals surface area contributed by atoms with Gasteiger partial charge in [0.1, 0.15) is 5.75 Å². The number of methoxy groups -OCH3 is 2. The number of piperidine rings is 1. The minimum absolute atomic E-state index is 0.169. The van der Waals surface area contributed by atoms with Crippen LogP contribution in [0, 0.1) is 0 Å². The van der Waals surface area contributed by atoms with E-state index >= 15 is 0 Å².